The summed E-state index contributed by atoms with van der Waals surface area (Å²) in [4.78, 5) is 0. The van der Waals surface area contributed by atoms with Gasteiger partial charge in [0.1, 0.15) is 5.15 Å². The van der Waals surface area contributed by atoms with Gasteiger partial charge in [-0.3, -0.25) is 0 Å². The van der Waals surface area contributed by atoms with Gasteiger partial charge in [0.2, 0.25) is 0 Å². The van der Waals surface area contributed by atoms with Crippen molar-refractivity contribution in [3.05, 3.63) is 51.2 Å². The number of hydrogen-bond acceptors (Lipinski definition) is 2. The van der Waals surface area contributed by atoms with Crippen molar-refractivity contribution in [2.75, 3.05) is 0 Å². The number of benzene rings is 1. The molecule has 0 fully saturated rings. The van der Waals surface area contributed by atoms with E-state index in [9.17, 15) is 0 Å². The highest BCUT2D eigenvalue weighted by Gasteiger charge is 2.07. The molecule has 0 aliphatic rings. The van der Waals surface area contributed by atoms with Crippen LogP contribution in [0.3, 0.4) is 0 Å². The Balaban J connectivity index is 2.24. The van der Waals surface area contributed by atoms with E-state index in [1.54, 1.807) is 10.9 Å². The second-order valence-corrected chi connectivity index (χ2v) is 4.68. The monoisotopic (exact) mass is 300 g/mol. The molecule has 0 bridgehead atoms. The summed E-state index contributed by atoms with van der Waals surface area (Å²) in [5.74, 6) is 0. The van der Waals surface area contributed by atoms with Crippen LogP contribution < -0.4 is 0 Å². The standard InChI is InChI=1S/C11H10BrClN2O/c12-10-3-1-2-8(4-10)6-15-11(13)9(7-16)5-14-15/h1-5,16H,6-7H2. The van der Waals surface area contributed by atoms with E-state index in [0.717, 1.165) is 10.0 Å². The zero-order valence-electron chi connectivity index (χ0n) is 8.40. The lowest BCUT2D eigenvalue weighted by Gasteiger charge is -2.04. The first-order valence-electron chi connectivity index (χ1n) is 4.76. The van der Waals surface area contributed by atoms with Crippen LogP contribution in [0.1, 0.15) is 11.1 Å². The van der Waals surface area contributed by atoms with Crippen LogP contribution in [-0.4, -0.2) is 14.9 Å². The fourth-order valence-corrected chi connectivity index (χ4v) is 2.09. The highest BCUT2D eigenvalue weighted by Crippen LogP contribution is 2.18. The Labute approximate surface area is 107 Å². The van der Waals surface area contributed by atoms with Gasteiger partial charge < -0.3 is 5.11 Å². The van der Waals surface area contributed by atoms with E-state index < -0.39 is 0 Å². The Kier molecular flexibility index (Phi) is 3.63. The highest BCUT2D eigenvalue weighted by atomic mass is 79.9. The maximum Gasteiger partial charge on any atom is 0.132 e. The lowest BCUT2D eigenvalue weighted by atomic mass is 10.2. The van der Waals surface area contributed by atoms with Gasteiger partial charge >= 0.3 is 0 Å². The molecule has 5 heteroatoms. The van der Waals surface area contributed by atoms with Crippen LogP contribution in [0.25, 0.3) is 0 Å². The van der Waals surface area contributed by atoms with Crippen LogP contribution in [-0.2, 0) is 13.2 Å². The van der Waals surface area contributed by atoms with Crippen LogP contribution in [0.4, 0.5) is 0 Å². The van der Waals surface area contributed by atoms with Crippen LogP contribution in [0.2, 0.25) is 5.15 Å². The van der Waals surface area contributed by atoms with Crippen LogP contribution in [0, 0.1) is 0 Å². The molecule has 0 atom stereocenters. The maximum atomic E-state index is 9.00. The molecule has 0 unspecified atom stereocenters. The topological polar surface area (TPSA) is 38.1 Å². The van der Waals surface area contributed by atoms with E-state index in [2.05, 4.69) is 21.0 Å². The molecule has 16 heavy (non-hydrogen) atoms. The lowest BCUT2D eigenvalue weighted by Crippen LogP contribution is -2.01. The Hall–Kier alpha value is -0.840. The van der Waals surface area contributed by atoms with Gasteiger partial charge in [0.15, 0.2) is 0 Å². The van der Waals surface area contributed by atoms with E-state index in [1.807, 2.05) is 24.3 Å². The normalized spacial score (nSPS) is 10.7. The molecular weight excluding hydrogens is 291 g/mol. The molecule has 2 rings (SSSR count). The first kappa shape index (κ1) is 11.6. The first-order valence-corrected chi connectivity index (χ1v) is 5.93. The summed E-state index contributed by atoms with van der Waals surface area (Å²) in [6.07, 6.45) is 1.58. The molecule has 1 N–H and O–H groups in total. The summed E-state index contributed by atoms with van der Waals surface area (Å²) in [7, 11) is 0. The summed E-state index contributed by atoms with van der Waals surface area (Å²) in [6.45, 7) is 0.510. The van der Waals surface area contributed by atoms with Gasteiger partial charge in [-0.2, -0.15) is 5.10 Å². The van der Waals surface area contributed by atoms with Gasteiger partial charge in [-0.1, -0.05) is 39.7 Å². The molecule has 3 nitrogen and oxygen atoms in total. The van der Waals surface area contributed by atoms with Gasteiger partial charge in [0, 0.05) is 10.0 Å². The van der Waals surface area contributed by atoms with Crippen molar-refractivity contribution in [3.63, 3.8) is 0 Å². The summed E-state index contributed by atoms with van der Waals surface area (Å²) >= 11 is 9.45. The zero-order chi connectivity index (χ0) is 11.5. The first-order chi connectivity index (χ1) is 7.70. The molecule has 0 saturated carbocycles. The molecule has 0 aliphatic heterocycles. The Morgan fingerprint density at radius 3 is 2.88 bits per heavy atom. The quantitative estimate of drug-likeness (QED) is 0.946. The minimum absolute atomic E-state index is 0.0860. The summed E-state index contributed by atoms with van der Waals surface area (Å²) < 4.78 is 2.69. The van der Waals surface area contributed by atoms with Crippen LogP contribution in [0.5, 0.6) is 0 Å². The van der Waals surface area contributed by atoms with Crippen molar-refractivity contribution in [1.82, 2.24) is 9.78 Å². The number of halogens is 2. The summed E-state index contributed by atoms with van der Waals surface area (Å²) in [5.41, 5.74) is 1.75. The molecule has 2 aromatic rings. The maximum absolute atomic E-state index is 9.00. The zero-order valence-corrected chi connectivity index (χ0v) is 10.7. The molecule has 0 saturated heterocycles. The average Bonchev–Trinajstić information content (AvgIpc) is 2.60. The van der Waals surface area contributed by atoms with Crippen LogP contribution >= 0.6 is 27.5 Å². The average molecular weight is 302 g/mol. The van der Waals surface area contributed by atoms with Crippen LogP contribution in [0.15, 0.2) is 34.9 Å². The van der Waals surface area contributed by atoms with E-state index in [4.69, 9.17) is 16.7 Å². The molecule has 1 aromatic carbocycles. The predicted octanol–water partition coefficient (Wildman–Crippen LogP) is 2.84. The van der Waals surface area contributed by atoms with Gasteiger partial charge in [0.25, 0.3) is 0 Å². The second kappa shape index (κ2) is 4.99. The molecule has 0 amide bonds. The van der Waals surface area contributed by atoms with Gasteiger partial charge in [-0.25, -0.2) is 4.68 Å². The lowest BCUT2D eigenvalue weighted by molar-refractivity contribution is 0.282. The largest absolute Gasteiger partial charge is 0.392 e. The molecule has 0 aliphatic carbocycles. The van der Waals surface area contributed by atoms with Crippen molar-refractivity contribution >= 4 is 27.5 Å². The van der Waals surface area contributed by atoms with Crippen molar-refractivity contribution in [3.8, 4) is 0 Å². The van der Waals surface area contributed by atoms with Crippen molar-refractivity contribution in [1.29, 1.82) is 0 Å². The number of nitrogens with zero attached hydrogens (tertiary/aromatic N) is 2. The number of aliphatic hydroxyl groups excluding tert-OH is 1. The van der Waals surface area contributed by atoms with E-state index in [0.29, 0.717) is 17.3 Å². The Bertz CT molecular complexity index is 498. The van der Waals surface area contributed by atoms with Crippen molar-refractivity contribution in [2.45, 2.75) is 13.2 Å². The molecule has 0 spiro atoms. The second-order valence-electron chi connectivity index (χ2n) is 3.41. The van der Waals surface area contributed by atoms with Crippen molar-refractivity contribution in [2.24, 2.45) is 0 Å². The molecular formula is C11H10BrClN2O. The van der Waals surface area contributed by atoms with E-state index >= 15 is 0 Å². The Morgan fingerprint density at radius 1 is 1.44 bits per heavy atom. The molecule has 1 aromatic heterocycles. The van der Waals surface area contributed by atoms with E-state index in [-0.39, 0.29) is 6.61 Å². The predicted molar refractivity (Wildman–Crippen MR) is 66.4 cm³/mol. The molecule has 0 radical (unpaired) electrons. The smallest absolute Gasteiger partial charge is 0.132 e. The number of aromatic nitrogens is 2. The third-order valence-electron chi connectivity index (χ3n) is 2.24. The van der Waals surface area contributed by atoms with Gasteiger partial charge in [-0.05, 0) is 17.7 Å². The summed E-state index contributed by atoms with van der Waals surface area (Å²) in [6, 6.07) is 7.94. The Morgan fingerprint density at radius 2 is 2.25 bits per heavy atom. The molecule has 84 valence electrons. The third kappa shape index (κ3) is 2.45. The van der Waals surface area contributed by atoms with Gasteiger partial charge in [-0.15, -0.1) is 0 Å². The SMILES string of the molecule is OCc1cnn(Cc2cccc(Br)c2)c1Cl. The number of hydrogen-bond donors (Lipinski definition) is 1. The fourth-order valence-electron chi connectivity index (χ4n) is 1.43. The molecule has 1 heterocycles. The van der Waals surface area contributed by atoms with Crippen molar-refractivity contribution < 1.29 is 5.11 Å². The van der Waals surface area contributed by atoms with Gasteiger partial charge in [0.05, 0.1) is 19.3 Å². The highest BCUT2D eigenvalue weighted by molar-refractivity contribution is 9.10. The minimum Gasteiger partial charge on any atom is -0.392 e. The minimum atomic E-state index is -0.0860. The number of aliphatic hydroxyl groups is 1. The number of rotatable bonds is 3. The fraction of sp³-hybridized carbons (Fsp3) is 0.182. The van der Waals surface area contributed by atoms with E-state index in [1.165, 1.54) is 0 Å². The summed E-state index contributed by atoms with van der Waals surface area (Å²) in [5, 5.41) is 13.6. The third-order valence-corrected chi connectivity index (χ3v) is 3.17.